The Morgan fingerprint density at radius 3 is 2.42 bits per heavy atom. The van der Waals surface area contributed by atoms with Gasteiger partial charge in [0.15, 0.2) is 11.6 Å². The maximum Gasteiger partial charge on any atom is 0.162 e. The van der Waals surface area contributed by atoms with Crippen molar-refractivity contribution in [3.05, 3.63) is 58.0 Å². The van der Waals surface area contributed by atoms with Crippen molar-refractivity contribution in [1.29, 1.82) is 0 Å². The van der Waals surface area contributed by atoms with Gasteiger partial charge in [-0.25, -0.2) is 8.78 Å². The summed E-state index contributed by atoms with van der Waals surface area (Å²) in [5.41, 5.74) is 8.24. The van der Waals surface area contributed by atoms with Crippen LogP contribution in [0.3, 0.4) is 0 Å². The van der Waals surface area contributed by atoms with Gasteiger partial charge in [-0.2, -0.15) is 0 Å². The zero-order valence-corrected chi connectivity index (χ0v) is 11.3. The molecular weight excluding hydrogens is 248 g/mol. The zero-order chi connectivity index (χ0) is 14.2. The smallest absolute Gasteiger partial charge is 0.162 e. The first kappa shape index (κ1) is 13.7. The van der Waals surface area contributed by atoms with Crippen LogP contribution in [0.15, 0.2) is 22.6 Å². The van der Waals surface area contributed by atoms with Crippen molar-refractivity contribution in [2.45, 2.75) is 33.2 Å². The first-order valence-electron chi connectivity index (χ1n) is 6.16. The van der Waals surface area contributed by atoms with Crippen LogP contribution in [0.2, 0.25) is 0 Å². The molecule has 0 aliphatic heterocycles. The van der Waals surface area contributed by atoms with Crippen molar-refractivity contribution in [3.8, 4) is 0 Å². The third kappa shape index (κ3) is 2.54. The quantitative estimate of drug-likeness (QED) is 0.918. The number of furan rings is 1. The topological polar surface area (TPSA) is 39.2 Å². The van der Waals surface area contributed by atoms with Crippen molar-refractivity contribution in [3.63, 3.8) is 0 Å². The van der Waals surface area contributed by atoms with Gasteiger partial charge in [0.25, 0.3) is 0 Å². The van der Waals surface area contributed by atoms with Crippen LogP contribution in [0, 0.1) is 32.4 Å². The first-order chi connectivity index (χ1) is 8.91. The SMILES string of the molecule is Cc1oc(C)c(C(N)Cc2cccc(F)c2F)c1C. The highest BCUT2D eigenvalue weighted by Gasteiger charge is 2.20. The fraction of sp³-hybridized carbons (Fsp3) is 0.333. The molecule has 2 N–H and O–H groups in total. The van der Waals surface area contributed by atoms with E-state index >= 15 is 0 Å². The largest absolute Gasteiger partial charge is 0.466 e. The Kier molecular flexibility index (Phi) is 3.71. The maximum atomic E-state index is 13.6. The van der Waals surface area contributed by atoms with E-state index in [0.29, 0.717) is 0 Å². The molecule has 4 heteroatoms. The van der Waals surface area contributed by atoms with E-state index in [9.17, 15) is 8.78 Å². The van der Waals surface area contributed by atoms with E-state index in [1.807, 2.05) is 20.8 Å². The average molecular weight is 265 g/mol. The molecule has 1 aromatic heterocycles. The second-order valence-corrected chi connectivity index (χ2v) is 4.78. The summed E-state index contributed by atoms with van der Waals surface area (Å²) in [7, 11) is 0. The van der Waals surface area contributed by atoms with Gasteiger partial charge in [0, 0.05) is 11.6 Å². The van der Waals surface area contributed by atoms with Crippen molar-refractivity contribution in [2.24, 2.45) is 5.73 Å². The van der Waals surface area contributed by atoms with Gasteiger partial charge >= 0.3 is 0 Å². The molecule has 1 aromatic carbocycles. The number of rotatable bonds is 3. The van der Waals surface area contributed by atoms with Crippen LogP contribution in [0.25, 0.3) is 0 Å². The minimum Gasteiger partial charge on any atom is -0.466 e. The van der Waals surface area contributed by atoms with Gasteiger partial charge in [-0.05, 0) is 44.4 Å². The molecule has 1 heterocycles. The molecule has 2 rings (SSSR count). The van der Waals surface area contributed by atoms with E-state index in [0.717, 1.165) is 28.7 Å². The Morgan fingerprint density at radius 2 is 1.84 bits per heavy atom. The molecule has 0 saturated heterocycles. The highest BCUT2D eigenvalue weighted by atomic mass is 19.2. The van der Waals surface area contributed by atoms with Gasteiger partial charge in [0.2, 0.25) is 0 Å². The van der Waals surface area contributed by atoms with E-state index < -0.39 is 17.7 Å². The summed E-state index contributed by atoms with van der Waals surface area (Å²) in [6, 6.07) is 3.73. The average Bonchev–Trinajstić information content (AvgIpc) is 2.59. The van der Waals surface area contributed by atoms with Gasteiger partial charge in [0.1, 0.15) is 11.5 Å². The Balaban J connectivity index is 2.31. The fourth-order valence-corrected chi connectivity index (χ4v) is 2.40. The summed E-state index contributed by atoms with van der Waals surface area (Å²) in [5.74, 6) is -0.128. The Hall–Kier alpha value is -1.68. The minimum atomic E-state index is -0.846. The summed E-state index contributed by atoms with van der Waals surface area (Å²) in [5, 5.41) is 0. The lowest BCUT2D eigenvalue weighted by Crippen LogP contribution is -2.16. The number of benzene rings is 1. The standard InChI is InChI=1S/C15H17F2NO/c1-8-9(2)19-10(3)14(8)13(18)7-11-5-4-6-12(16)15(11)17/h4-6,13H,7,18H2,1-3H3. The predicted molar refractivity (Wildman–Crippen MR) is 69.9 cm³/mol. The highest BCUT2D eigenvalue weighted by molar-refractivity contribution is 5.35. The van der Waals surface area contributed by atoms with Gasteiger partial charge in [0.05, 0.1) is 0 Å². The van der Waals surface area contributed by atoms with E-state index in [2.05, 4.69) is 0 Å². The van der Waals surface area contributed by atoms with Crippen molar-refractivity contribution < 1.29 is 13.2 Å². The molecule has 1 unspecified atom stereocenters. The lowest BCUT2D eigenvalue weighted by Gasteiger charge is -2.13. The monoisotopic (exact) mass is 265 g/mol. The highest BCUT2D eigenvalue weighted by Crippen LogP contribution is 2.28. The van der Waals surface area contributed by atoms with E-state index in [-0.39, 0.29) is 12.0 Å². The van der Waals surface area contributed by atoms with E-state index in [1.165, 1.54) is 6.07 Å². The van der Waals surface area contributed by atoms with Crippen LogP contribution in [0.4, 0.5) is 8.78 Å². The lowest BCUT2D eigenvalue weighted by atomic mass is 9.96. The third-order valence-electron chi connectivity index (χ3n) is 3.46. The molecule has 2 nitrogen and oxygen atoms in total. The van der Waals surface area contributed by atoms with E-state index in [1.54, 1.807) is 6.07 Å². The van der Waals surface area contributed by atoms with Crippen molar-refractivity contribution in [2.75, 3.05) is 0 Å². The van der Waals surface area contributed by atoms with Gasteiger partial charge in [-0.1, -0.05) is 12.1 Å². The molecule has 0 radical (unpaired) electrons. The Morgan fingerprint density at radius 1 is 1.16 bits per heavy atom. The molecule has 0 saturated carbocycles. The number of hydrogen-bond donors (Lipinski definition) is 1. The molecule has 0 spiro atoms. The van der Waals surface area contributed by atoms with E-state index in [4.69, 9.17) is 10.2 Å². The number of halogens is 2. The molecule has 102 valence electrons. The number of hydrogen-bond acceptors (Lipinski definition) is 2. The molecule has 1 atom stereocenters. The normalized spacial score (nSPS) is 12.7. The molecule has 0 amide bonds. The number of aryl methyl sites for hydroxylation is 2. The van der Waals surface area contributed by atoms with Crippen LogP contribution in [-0.2, 0) is 6.42 Å². The molecule has 0 aliphatic rings. The Bertz CT molecular complexity index is 604. The Labute approximate surface area is 111 Å². The molecule has 19 heavy (non-hydrogen) atoms. The summed E-state index contributed by atoms with van der Waals surface area (Å²) < 4.78 is 32.3. The van der Waals surface area contributed by atoms with Crippen LogP contribution in [0.1, 0.15) is 34.3 Å². The lowest BCUT2D eigenvalue weighted by molar-refractivity contribution is 0.487. The minimum absolute atomic E-state index is 0.240. The fourth-order valence-electron chi connectivity index (χ4n) is 2.40. The number of nitrogens with two attached hydrogens (primary N) is 1. The molecule has 2 aromatic rings. The summed E-state index contributed by atoms with van der Waals surface area (Å²) in [6.07, 6.45) is 0.240. The van der Waals surface area contributed by atoms with Gasteiger partial charge < -0.3 is 10.2 Å². The van der Waals surface area contributed by atoms with Crippen LogP contribution in [-0.4, -0.2) is 0 Å². The van der Waals surface area contributed by atoms with Crippen LogP contribution < -0.4 is 5.73 Å². The molecule has 0 bridgehead atoms. The zero-order valence-electron chi connectivity index (χ0n) is 11.3. The second kappa shape index (κ2) is 5.13. The van der Waals surface area contributed by atoms with Crippen molar-refractivity contribution in [1.82, 2.24) is 0 Å². The van der Waals surface area contributed by atoms with Crippen molar-refractivity contribution >= 4 is 0 Å². The molecular formula is C15H17F2NO. The summed E-state index contributed by atoms with van der Waals surface area (Å²) in [6.45, 7) is 5.61. The summed E-state index contributed by atoms with van der Waals surface area (Å²) >= 11 is 0. The van der Waals surface area contributed by atoms with Crippen LogP contribution in [0.5, 0.6) is 0 Å². The first-order valence-corrected chi connectivity index (χ1v) is 6.16. The van der Waals surface area contributed by atoms with Gasteiger partial charge in [-0.3, -0.25) is 0 Å². The van der Waals surface area contributed by atoms with Gasteiger partial charge in [-0.15, -0.1) is 0 Å². The molecule has 0 fully saturated rings. The maximum absolute atomic E-state index is 13.6. The summed E-state index contributed by atoms with van der Waals surface area (Å²) in [4.78, 5) is 0. The van der Waals surface area contributed by atoms with Crippen LogP contribution >= 0.6 is 0 Å². The predicted octanol–water partition coefficient (Wildman–Crippen LogP) is 3.73. The third-order valence-corrected chi connectivity index (χ3v) is 3.46. The second-order valence-electron chi connectivity index (χ2n) is 4.78. The molecule has 0 aliphatic carbocycles.